The topological polar surface area (TPSA) is 64.3 Å². The van der Waals surface area contributed by atoms with Crippen LogP contribution < -0.4 is 11.1 Å². The Labute approximate surface area is 138 Å². The lowest BCUT2D eigenvalue weighted by atomic mass is 9.67. The molecule has 2 aliphatic rings. The van der Waals surface area contributed by atoms with E-state index in [0.29, 0.717) is 30.5 Å². The van der Waals surface area contributed by atoms with Crippen molar-refractivity contribution in [1.82, 2.24) is 5.32 Å². The first-order valence-electron chi connectivity index (χ1n) is 8.89. The van der Waals surface area contributed by atoms with E-state index < -0.39 is 0 Å². The summed E-state index contributed by atoms with van der Waals surface area (Å²) in [5, 5.41) is 3.22. The molecule has 3 N–H and O–H groups in total. The zero-order chi connectivity index (χ0) is 16.1. The molecule has 0 saturated heterocycles. The molecule has 0 heterocycles. The van der Waals surface area contributed by atoms with Crippen molar-refractivity contribution in [1.29, 1.82) is 0 Å². The van der Waals surface area contributed by atoms with Crippen molar-refractivity contribution in [2.45, 2.75) is 50.6 Å². The van der Waals surface area contributed by atoms with E-state index in [9.17, 15) is 4.79 Å². The van der Waals surface area contributed by atoms with Crippen molar-refractivity contribution >= 4 is 5.91 Å². The van der Waals surface area contributed by atoms with Crippen LogP contribution in [0, 0.1) is 11.8 Å². The predicted molar refractivity (Wildman–Crippen MR) is 90.9 cm³/mol. The summed E-state index contributed by atoms with van der Waals surface area (Å²) in [7, 11) is 0. The van der Waals surface area contributed by atoms with Crippen molar-refractivity contribution in [3.63, 3.8) is 0 Å². The molecule has 23 heavy (non-hydrogen) atoms. The van der Waals surface area contributed by atoms with Crippen LogP contribution >= 0.6 is 0 Å². The van der Waals surface area contributed by atoms with E-state index in [1.807, 2.05) is 18.2 Å². The normalized spacial score (nSPS) is 30.0. The van der Waals surface area contributed by atoms with Crippen LogP contribution in [0.3, 0.4) is 0 Å². The molecule has 0 spiro atoms. The Morgan fingerprint density at radius 2 is 1.87 bits per heavy atom. The van der Waals surface area contributed by atoms with E-state index in [4.69, 9.17) is 10.5 Å². The molecular formula is C19H28N2O2. The third kappa shape index (κ3) is 4.55. The number of amides is 1. The lowest BCUT2D eigenvalue weighted by Crippen LogP contribution is -2.54. The van der Waals surface area contributed by atoms with Crippen molar-refractivity contribution in [2.75, 3.05) is 13.2 Å². The molecule has 4 heteroatoms. The zero-order valence-electron chi connectivity index (χ0n) is 13.7. The second-order valence-electron chi connectivity index (χ2n) is 7.06. The number of carbonyl (C=O) groups excluding carboxylic acids is 1. The largest absolute Gasteiger partial charge is 0.371 e. The summed E-state index contributed by atoms with van der Waals surface area (Å²) in [6.45, 7) is 0.745. The molecule has 1 aromatic carbocycles. The number of ether oxygens (including phenoxy) is 1. The first-order chi connectivity index (χ1) is 11.2. The summed E-state index contributed by atoms with van der Waals surface area (Å²) in [6, 6.07) is 10.8. The minimum Gasteiger partial charge on any atom is -0.371 e. The molecule has 0 aromatic heterocycles. The van der Waals surface area contributed by atoms with E-state index in [-0.39, 0.29) is 12.5 Å². The molecule has 0 aliphatic heterocycles. The number of nitrogens with one attached hydrogen (secondary N) is 1. The smallest absolute Gasteiger partial charge is 0.246 e. The number of carbonyl (C=O) groups is 1. The van der Waals surface area contributed by atoms with Gasteiger partial charge in [0.05, 0.1) is 6.61 Å². The lowest BCUT2D eigenvalue weighted by molar-refractivity contribution is -0.128. The van der Waals surface area contributed by atoms with Gasteiger partial charge in [-0.15, -0.1) is 0 Å². The fraction of sp³-hybridized carbons (Fsp3) is 0.632. The average molecular weight is 316 g/mol. The number of fused-ring (bicyclic) bond motifs is 2. The average Bonchev–Trinajstić information content (AvgIpc) is 2.53. The Bertz CT molecular complexity index is 491. The van der Waals surface area contributed by atoms with E-state index in [1.54, 1.807) is 0 Å². The van der Waals surface area contributed by atoms with Gasteiger partial charge in [-0.25, -0.2) is 0 Å². The highest BCUT2D eigenvalue weighted by atomic mass is 16.5. The molecule has 0 radical (unpaired) electrons. The molecule has 1 aromatic rings. The maximum atomic E-state index is 12.2. The summed E-state index contributed by atoms with van der Waals surface area (Å²) < 4.78 is 5.55. The third-order valence-corrected chi connectivity index (χ3v) is 5.32. The lowest BCUT2D eigenvalue weighted by Gasteiger charge is -2.45. The molecular weight excluding hydrogens is 288 g/mol. The molecule has 2 fully saturated rings. The second kappa shape index (κ2) is 7.93. The standard InChI is InChI=1S/C19H28N2O2/c20-17-11-15-7-4-8-16(12-17)19(15)21-18(22)13-23-10-9-14-5-2-1-3-6-14/h1-3,5-6,15-17,19H,4,7-13,20H2,(H,21,22). The molecule has 1 amide bonds. The summed E-state index contributed by atoms with van der Waals surface area (Å²) in [4.78, 5) is 12.2. The van der Waals surface area contributed by atoms with Gasteiger partial charge < -0.3 is 15.8 Å². The van der Waals surface area contributed by atoms with Crippen LogP contribution in [0.5, 0.6) is 0 Å². The van der Waals surface area contributed by atoms with Gasteiger partial charge in [0.1, 0.15) is 6.61 Å². The Hall–Kier alpha value is -1.39. The molecule has 2 saturated carbocycles. The highest BCUT2D eigenvalue weighted by molar-refractivity contribution is 5.77. The summed E-state index contributed by atoms with van der Waals surface area (Å²) in [6.07, 6.45) is 6.63. The fourth-order valence-electron chi connectivity index (χ4n) is 4.25. The van der Waals surface area contributed by atoms with Crippen molar-refractivity contribution in [3.8, 4) is 0 Å². The second-order valence-corrected chi connectivity index (χ2v) is 7.06. The molecule has 2 aliphatic carbocycles. The van der Waals surface area contributed by atoms with Gasteiger partial charge in [-0.2, -0.15) is 0 Å². The van der Waals surface area contributed by atoms with Crippen LogP contribution in [0.15, 0.2) is 30.3 Å². The number of benzene rings is 1. The van der Waals surface area contributed by atoms with Crippen LogP contribution in [0.2, 0.25) is 0 Å². The van der Waals surface area contributed by atoms with Crippen molar-refractivity contribution in [2.24, 2.45) is 17.6 Å². The molecule has 2 atom stereocenters. The third-order valence-electron chi connectivity index (χ3n) is 5.32. The van der Waals surface area contributed by atoms with Crippen LogP contribution in [0.25, 0.3) is 0 Å². The van der Waals surface area contributed by atoms with Gasteiger partial charge in [0.15, 0.2) is 0 Å². The van der Waals surface area contributed by atoms with Crippen LogP contribution in [0.1, 0.15) is 37.7 Å². The Morgan fingerprint density at radius 3 is 2.57 bits per heavy atom. The Kier molecular flexibility index (Phi) is 5.68. The number of nitrogens with two attached hydrogens (primary N) is 1. The first kappa shape index (κ1) is 16.5. The Morgan fingerprint density at radius 1 is 1.17 bits per heavy atom. The summed E-state index contributed by atoms with van der Waals surface area (Å²) >= 11 is 0. The maximum absolute atomic E-state index is 12.2. The highest BCUT2D eigenvalue weighted by Gasteiger charge is 2.39. The Balaban J connectivity index is 1.39. The van der Waals surface area contributed by atoms with Gasteiger partial charge in [-0.1, -0.05) is 36.8 Å². The summed E-state index contributed by atoms with van der Waals surface area (Å²) in [5.74, 6) is 1.15. The fourth-order valence-corrected chi connectivity index (χ4v) is 4.25. The SMILES string of the molecule is NC1CC2CCCC(C1)C2NC(=O)COCCc1ccccc1. The molecule has 3 rings (SSSR count). The van der Waals surface area contributed by atoms with Crippen LogP contribution in [0.4, 0.5) is 0 Å². The van der Waals surface area contributed by atoms with Crippen LogP contribution in [-0.2, 0) is 16.0 Å². The predicted octanol–water partition coefficient (Wildman–Crippen LogP) is 2.27. The van der Waals surface area contributed by atoms with E-state index in [0.717, 1.165) is 19.3 Å². The van der Waals surface area contributed by atoms with Crippen molar-refractivity contribution in [3.05, 3.63) is 35.9 Å². The van der Waals surface area contributed by atoms with Gasteiger partial charge in [-0.3, -0.25) is 4.79 Å². The van der Waals surface area contributed by atoms with Crippen molar-refractivity contribution < 1.29 is 9.53 Å². The van der Waals surface area contributed by atoms with Gasteiger partial charge in [0, 0.05) is 12.1 Å². The summed E-state index contributed by atoms with van der Waals surface area (Å²) in [5.41, 5.74) is 7.37. The van der Waals surface area contributed by atoms with Crippen LogP contribution in [-0.4, -0.2) is 31.2 Å². The molecule has 2 unspecified atom stereocenters. The molecule has 4 nitrogen and oxygen atoms in total. The number of hydrogen-bond donors (Lipinski definition) is 2. The molecule has 126 valence electrons. The van der Waals surface area contributed by atoms with E-state index >= 15 is 0 Å². The first-order valence-corrected chi connectivity index (χ1v) is 8.89. The van der Waals surface area contributed by atoms with Gasteiger partial charge in [0.2, 0.25) is 5.91 Å². The monoisotopic (exact) mass is 316 g/mol. The van der Waals surface area contributed by atoms with E-state index in [1.165, 1.54) is 24.8 Å². The highest BCUT2D eigenvalue weighted by Crippen LogP contribution is 2.39. The van der Waals surface area contributed by atoms with Gasteiger partial charge in [-0.05, 0) is 49.5 Å². The van der Waals surface area contributed by atoms with E-state index in [2.05, 4.69) is 17.4 Å². The quantitative estimate of drug-likeness (QED) is 0.791. The number of hydrogen-bond acceptors (Lipinski definition) is 3. The van der Waals surface area contributed by atoms with Gasteiger partial charge >= 0.3 is 0 Å². The zero-order valence-corrected chi connectivity index (χ0v) is 13.7. The minimum atomic E-state index is 0.0235. The number of rotatable bonds is 6. The minimum absolute atomic E-state index is 0.0235. The maximum Gasteiger partial charge on any atom is 0.246 e. The van der Waals surface area contributed by atoms with Gasteiger partial charge in [0.25, 0.3) is 0 Å². The molecule has 2 bridgehead atoms.